The molecular formula is C17H24N2O3S3. The van der Waals surface area contributed by atoms with Gasteiger partial charge in [0.1, 0.15) is 9.32 Å². The number of nitrogens with one attached hydrogen (secondary N) is 1. The van der Waals surface area contributed by atoms with Crippen LogP contribution in [0.2, 0.25) is 0 Å². The minimum Gasteiger partial charge on any atom is -0.465 e. The van der Waals surface area contributed by atoms with Gasteiger partial charge in [0, 0.05) is 18.0 Å². The third-order valence-corrected chi connectivity index (χ3v) is 6.89. The quantitative estimate of drug-likeness (QED) is 0.580. The molecule has 1 N–H and O–H groups in total. The second kappa shape index (κ2) is 9.54. The second-order valence-electron chi connectivity index (χ2n) is 5.68. The molecule has 0 saturated heterocycles. The first-order valence-corrected chi connectivity index (χ1v) is 10.7. The summed E-state index contributed by atoms with van der Waals surface area (Å²) in [7, 11) is 1.37. The lowest BCUT2D eigenvalue weighted by molar-refractivity contribution is -0.113. The Bertz CT molecular complexity index is 654. The summed E-state index contributed by atoms with van der Waals surface area (Å²) in [6.45, 7) is 5.73. The highest BCUT2D eigenvalue weighted by molar-refractivity contribution is 8.23. The van der Waals surface area contributed by atoms with Crippen LogP contribution in [0.5, 0.6) is 0 Å². The van der Waals surface area contributed by atoms with Gasteiger partial charge in [0.15, 0.2) is 0 Å². The fraction of sp³-hybridized carbons (Fsp3) is 0.588. The van der Waals surface area contributed by atoms with Crippen molar-refractivity contribution in [2.75, 3.05) is 31.3 Å². The van der Waals surface area contributed by atoms with Gasteiger partial charge >= 0.3 is 5.97 Å². The van der Waals surface area contributed by atoms with E-state index >= 15 is 0 Å². The largest absolute Gasteiger partial charge is 0.465 e. The van der Waals surface area contributed by atoms with Crippen LogP contribution in [0, 0.1) is 0 Å². The average Bonchev–Trinajstić information content (AvgIpc) is 2.98. The van der Waals surface area contributed by atoms with Crippen molar-refractivity contribution in [2.24, 2.45) is 0 Å². The molecule has 0 radical (unpaired) electrons. The molecule has 0 atom stereocenters. The fourth-order valence-electron chi connectivity index (χ4n) is 2.84. The number of amides is 1. The molecule has 1 heterocycles. The molecule has 0 aromatic carbocycles. The number of aryl methyl sites for hydroxylation is 1. The maximum absolute atomic E-state index is 12.3. The topological polar surface area (TPSA) is 58.6 Å². The SMILES string of the molecule is CCN(CC)C(=S)SCC(=O)Nc1sc2c(c1C(=O)OC)CCCC2. The van der Waals surface area contributed by atoms with Gasteiger partial charge in [-0.15, -0.1) is 11.3 Å². The van der Waals surface area contributed by atoms with Crippen LogP contribution in [0.4, 0.5) is 5.00 Å². The summed E-state index contributed by atoms with van der Waals surface area (Å²) >= 11 is 8.20. The van der Waals surface area contributed by atoms with E-state index in [1.54, 1.807) is 0 Å². The summed E-state index contributed by atoms with van der Waals surface area (Å²) in [6.07, 6.45) is 4.01. The van der Waals surface area contributed by atoms with Crippen LogP contribution in [0.1, 0.15) is 47.5 Å². The van der Waals surface area contributed by atoms with Gasteiger partial charge in [-0.2, -0.15) is 0 Å². The Hall–Kier alpha value is -1.12. The summed E-state index contributed by atoms with van der Waals surface area (Å²) in [5.74, 6) is -0.289. The van der Waals surface area contributed by atoms with E-state index in [0.29, 0.717) is 10.6 Å². The monoisotopic (exact) mass is 400 g/mol. The number of anilines is 1. The smallest absolute Gasteiger partial charge is 0.341 e. The molecule has 0 saturated carbocycles. The number of thiocarbonyl (C=S) groups is 1. The van der Waals surface area contributed by atoms with E-state index in [1.165, 1.54) is 35.1 Å². The number of thioether (sulfide) groups is 1. The Morgan fingerprint density at radius 3 is 2.60 bits per heavy atom. The van der Waals surface area contributed by atoms with E-state index in [0.717, 1.165) is 48.7 Å². The number of nitrogens with zero attached hydrogens (tertiary/aromatic N) is 1. The van der Waals surface area contributed by atoms with Gasteiger partial charge in [-0.3, -0.25) is 4.79 Å². The van der Waals surface area contributed by atoms with Crippen LogP contribution < -0.4 is 5.32 Å². The summed E-state index contributed by atoms with van der Waals surface area (Å²) in [6, 6.07) is 0. The van der Waals surface area contributed by atoms with Gasteiger partial charge in [0.2, 0.25) is 5.91 Å². The minimum atomic E-state index is -0.374. The number of carbonyl (C=O) groups excluding carboxylic acids is 2. The molecule has 1 aromatic heterocycles. The van der Waals surface area contributed by atoms with Gasteiger partial charge in [0.25, 0.3) is 0 Å². The van der Waals surface area contributed by atoms with Gasteiger partial charge in [-0.1, -0.05) is 24.0 Å². The summed E-state index contributed by atoms with van der Waals surface area (Å²) in [5.41, 5.74) is 1.58. The van der Waals surface area contributed by atoms with Crippen LogP contribution in [-0.2, 0) is 22.4 Å². The molecular weight excluding hydrogens is 376 g/mol. The Balaban J connectivity index is 2.06. The first-order chi connectivity index (χ1) is 12.0. The van der Waals surface area contributed by atoms with Crippen molar-refractivity contribution in [3.63, 3.8) is 0 Å². The number of carbonyl (C=O) groups is 2. The predicted molar refractivity (Wildman–Crippen MR) is 109 cm³/mol. The molecule has 0 fully saturated rings. The molecule has 1 aliphatic carbocycles. The third-order valence-electron chi connectivity index (χ3n) is 4.16. The molecule has 2 rings (SSSR count). The number of esters is 1. The molecule has 0 aliphatic heterocycles. The van der Waals surface area contributed by atoms with Crippen molar-refractivity contribution in [3.05, 3.63) is 16.0 Å². The molecule has 0 unspecified atom stereocenters. The second-order valence-corrected chi connectivity index (χ2v) is 8.40. The van der Waals surface area contributed by atoms with Crippen molar-refractivity contribution >= 4 is 56.5 Å². The maximum atomic E-state index is 12.3. The van der Waals surface area contributed by atoms with Gasteiger partial charge in [-0.25, -0.2) is 4.79 Å². The predicted octanol–water partition coefficient (Wildman–Crippen LogP) is 3.71. The molecule has 5 nitrogen and oxygen atoms in total. The van der Waals surface area contributed by atoms with E-state index in [4.69, 9.17) is 17.0 Å². The van der Waals surface area contributed by atoms with Crippen molar-refractivity contribution < 1.29 is 14.3 Å². The lowest BCUT2D eigenvalue weighted by Crippen LogP contribution is -2.28. The van der Waals surface area contributed by atoms with Crippen LogP contribution in [0.15, 0.2) is 0 Å². The number of hydrogen-bond donors (Lipinski definition) is 1. The Morgan fingerprint density at radius 1 is 1.28 bits per heavy atom. The van der Waals surface area contributed by atoms with Crippen LogP contribution in [-0.4, -0.2) is 47.0 Å². The van der Waals surface area contributed by atoms with E-state index in [1.807, 2.05) is 18.7 Å². The van der Waals surface area contributed by atoms with Gasteiger partial charge < -0.3 is 15.0 Å². The lowest BCUT2D eigenvalue weighted by Gasteiger charge is -2.20. The van der Waals surface area contributed by atoms with Gasteiger partial charge in [-0.05, 0) is 45.1 Å². The molecule has 1 amide bonds. The fourth-order valence-corrected chi connectivity index (χ4v) is 5.33. The van der Waals surface area contributed by atoms with Crippen LogP contribution in [0.25, 0.3) is 0 Å². The Kier molecular flexibility index (Phi) is 7.71. The highest BCUT2D eigenvalue weighted by Crippen LogP contribution is 2.38. The van der Waals surface area contributed by atoms with E-state index in [9.17, 15) is 9.59 Å². The number of fused-ring (bicyclic) bond motifs is 1. The Morgan fingerprint density at radius 2 is 1.96 bits per heavy atom. The zero-order valence-electron chi connectivity index (χ0n) is 14.8. The number of thiophene rings is 1. The summed E-state index contributed by atoms with van der Waals surface area (Å²) < 4.78 is 5.65. The van der Waals surface area contributed by atoms with Crippen molar-refractivity contribution in [2.45, 2.75) is 39.5 Å². The average molecular weight is 401 g/mol. The zero-order valence-corrected chi connectivity index (χ0v) is 17.3. The van der Waals surface area contributed by atoms with E-state index in [2.05, 4.69) is 5.32 Å². The first kappa shape index (κ1) is 20.2. The normalized spacial score (nSPS) is 13.1. The molecule has 8 heteroatoms. The van der Waals surface area contributed by atoms with Crippen molar-refractivity contribution in [1.29, 1.82) is 0 Å². The zero-order chi connectivity index (χ0) is 18.4. The highest BCUT2D eigenvalue weighted by Gasteiger charge is 2.27. The molecule has 0 spiro atoms. The van der Waals surface area contributed by atoms with Gasteiger partial charge in [0.05, 0.1) is 18.4 Å². The Labute approximate surface area is 162 Å². The molecule has 25 heavy (non-hydrogen) atoms. The lowest BCUT2D eigenvalue weighted by atomic mass is 9.95. The number of rotatable bonds is 6. The van der Waals surface area contributed by atoms with Crippen LogP contribution >= 0.6 is 35.3 Å². The van der Waals surface area contributed by atoms with E-state index in [-0.39, 0.29) is 17.6 Å². The highest BCUT2D eigenvalue weighted by atomic mass is 32.2. The standard InChI is InChI=1S/C17H24N2O3S3/c1-4-19(5-2)17(23)24-10-13(20)18-15-14(16(21)22-3)11-8-6-7-9-12(11)25-15/h4-10H2,1-3H3,(H,18,20). The third kappa shape index (κ3) is 4.95. The summed E-state index contributed by atoms with van der Waals surface area (Å²) in [5, 5.41) is 3.50. The van der Waals surface area contributed by atoms with Crippen LogP contribution in [0.3, 0.4) is 0 Å². The molecule has 1 aromatic rings. The maximum Gasteiger partial charge on any atom is 0.341 e. The molecule has 138 valence electrons. The van der Waals surface area contributed by atoms with E-state index < -0.39 is 0 Å². The van der Waals surface area contributed by atoms with Crippen molar-refractivity contribution in [1.82, 2.24) is 4.90 Å². The molecule has 1 aliphatic rings. The number of methoxy groups -OCH3 is 1. The van der Waals surface area contributed by atoms with Crippen molar-refractivity contribution in [3.8, 4) is 0 Å². The minimum absolute atomic E-state index is 0.150. The number of ether oxygens (including phenoxy) is 1. The summed E-state index contributed by atoms with van der Waals surface area (Å²) in [4.78, 5) is 27.7. The molecule has 0 bridgehead atoms. The first-order valence-electron chi connectivity index (χ1n) is 8.46. The number of hydrogen-bond acceptors (Lipinski definition) is 6.